The Morgan fingerprint density at radius 2 is 1.82 bits per heavy atom. The number of carbonyl (C=O) groups excluding carboxylic acids is 1. The molecule has 4 aromatic rings. The van der Waals surface area contributed by atoms with Crippen LogP contribution in [0.3, 0.4) is 0 Å². The molecule has 4 rings (SSSR count). The molecule has 0 aliphatic rings. The molecule has 0 fully saturated rings. The van der Waals surface area contributed by atoms with Gasteiger partial charge in [0.25, 0.3) is 5.91 Å². The molecule has 0 bridgehead atoms. The number of benzene rings is 1. The molecule has 33 heavy (non-hydrogen) atoms. The van der Waals surface area contributed by atoms with E-state index in [4.69, 9.17) is 0 Å². The summed E-state index contributed by atoms with van der Waals surface area (Å²) in [5.74, 6) is -0.419. The Labute approximate surface area is 190 Å². The lowest BCUT2D eigenvalue weighted by molar-refractivity contribution is 0.102. The van der Waals surface area contributed by atoms with Crippen molar-refractivity contribution in [2.24, 2.45) is 0 Å². The number of amides is 1. The fraction of sp³-hybridized carbons (Fsp3) is 0.200. The van der Waals surface area contributed by atoms with Crippen molar-refractivity contribution in [3.63, 3.8) is 0 Å². The van der Waals surface area contributed by atoms with Gasteiger partial charge < -0.3 is 10.6 Å². The third-order valence-electron chi connectivity index (χ3n) is 5.33. The van der Waals surface area contributed by atoms with Gasteiger partial charge in [0, 0.05) is 48.2 Å². The normalized spacial score (nSPS) is 11.5. The van der Waals surface area contributed by atoms with E-state index in [-0.39, 0.29) is 16.9 Å². The van der Waals surface area contributed by atoms with Crippen molar-refractivity contribution < 1.29 is 13.6 Å². The lowest BCUT2D eigenvalue weighted by Crippen LogP contribution is -2.17. The quantitative estimate of drug-likeness (QED) is 0.414. The molecule has 1 amide bonds. The summed E-state index contributed by atoms with van der Waals surface area (Å²) in [4.78, 5) is 25.5. The standard InChI is InChI=1S/C25H23F2N5O/c1-14-7-19(26)21(32-24(33)15-5-6-29-22(9-15)25(2,3)27)10-18(14)16-8-17-13-31-23(28-4)11-20(17)30-12-16/h5-13H,1-4H3,(H,28,31)(H,32,33). The molecular formula is C25H23F2N5O. The Morgan fingerprint density at radius 1 is 1.03 bits per heavy atom. The molecular weight excluding hydrogens is 424 g/mol. The van der Waals surface area contributed by atoms with Crippen LogP contribution >= 0.6 is 0 Å². The van der Waals surface area contributed by atoms with Crippen LogP contribution in [0.2, 0.25) is 0 Å². The highest BCUT2D eigenvalue weighted by molar-refractivity contribution is 6.04. The molecule has 2 N–H and O–H groups in total. The Kier molecular flexibility index (Phi) is 5.76. The number of carbonyl (C=O) groups is 1. The molecule has 6 nitrogen and oxygen atoms in total. The topological polar surface area (TPSA) is 79.8 Å². The molecule has 0 saturated heterocycles. The number of alkyl halides is 1. The van der Waals surface area contributed by atoms with Gasteiger partial charge in [-0.25, -0.2) is 13.8 Å². The van der Waals surface area contributed by atoms with Crippen LogP contribution in [0.15, 0.2) is 55.0 Å². The highest BCUT2D eigenvalue weighted by atomic mass is 19.1. The summed E-state index contributed by atoms with van der Waals surface area (Å²) in [5, 5.41) is 6.40. The summed E-state index contributed by atoms with van der Waals surface area (Å²) in [5.41, 5.74) is 1.57. The van der Waals surface area contributed by atoms with E-state index in [0.717, 1.165) is 22.0 Å². The summed E-state index contributed by atoms with van der Waals surface area (Å²) < 4.78 is 28.9. The van der Waals surface area contributed by atoms with Crippen LogP contribution < -0.4 is 10.6 Å². The van der Waals surface area contributed by atoms with E-state index in [1.807, 2.05) is 12.1 Å². The summed E-state index contributed by atoms with van der Waals surface area (Å²) in [6.07, 6.45) is 4.77. The van der Waals surface area contributed by atoms with Crippen LogP contribution in [0.25, 0.3) is 22.0 Å². The minimum absolute atomic E-state index is 0.0159. The maximum Gasteiger partial charge on any atom is 0.255 e. The molecule has 0 atom stereocenters. The number of hydrogen-bond donors (Lipinski definition) is 2. The summed E-state index contributed by atoms with van der Waals surface area (Å²) in [7, 11) is 1.78. The molecule has 3 aromatic heterocycles. The van der Waals surface area contributed by atoms with E-state index in [0.29, 0.717) is 11.4 Å². The lowest BCUT2D eigenvalue weighted by Gasteiger charge is -2.15. The van der Waals surface area contributed by atoms with Crippen LogP contribution in [0, 0.1) is 12.7 Å². The van der Waals surface area contributed by atoms with Crippen molar-refractivity contribution in [1.82, 2.24) is 15.0 Å². The molecule has 0 unspecified atom stereocenters. The van der Waals surface area contributed by atoms with Crippen LogP contribution in [-0.2, 0) is 5.67 Å². The van der Waals surface area contributed by atoms with Gasteiger partial charge >= 0.3 is 0 Å². The second-order valence-electron chi connectivity index (χ2n) is 8.24. The minimum Gasteiger partial charge on any atom is -0.373 e. The van der Waals surface area contributed by atoms with Gasteiger partial charge in [0.1, 0.15) is 17.3 Å². The van der Waals surface area contributed by atoms with Gasteiger partial charge in [0.05, 0.1) is 16.9 Å². The summed E-state index contributed by atoms with van der Waals surface area (Å²) in [6, 6.07) is 9.50. The van der Waals surface area contributed by atoms with E-state index in [1.54, 1.807) is 32.4 Å². The Bertz CT molecular complexity index is 1370. The highest BCUT2D eigenvalue weighted by Gasteiger charge is 2.22. The SMILES string of the molecule is CNc1cc2ncc(-c3cc(NC(=O)c4ccnc(C(C)(C)F)c4)c(F)cc3C)cc2cn1. The van der Waals surface area contributed by atoms with Crippen molar-refractivity contribution in [1.29, 1.82) is 0 Å². The molecule has 0 aliphatic carbocycles. The number of aromatic nitrogens is 3. The second kappa shape index (κ2) is 8.54. The number of rotatable bonds is 5. The molecule has 0 radical (unpaired) electrons. The second-order valence-corrected chi connectivity index (χ2v) is 8.24. The first-order valence-electron chi connectivity index (χ1n) is 10.4. The number of anilines is 2. The van der Waals surface area contributed by atoms with Gasteiger partial charge in [0.2, 0.25) is 0 Å². The average Bonchev–Trinajstić information content (AvgIpc) is 2.79. The third kappa shape index (κ3) is 4.64. The molecule has 0 saturated carbocycles. The fourth-order valence-corrected chi connectivity index (χ4v) is 3.48. The number of halogens is 2. The van der Waals surface area contributed by atoms with Crippen LogP contribution in [0.1, 0.15) is 35.5 Å². The molecule has 0 spiro atoms. The predicted octanol–water partition coefficient (Wildman–Crippen LogP) is 5.64. The van der Waals surface area contributed by atoms with Crippen molar-refractivity contribution in [2.75, 3.05) is 17.7 Å². The van der Waals surface area contributed by atoms with E-state index >= 15 is 0 Å². The first-order valence-corrected chi connectivity index (χ1v) is 10.4. The first-order chi connectivity index (χ1) is 15.7. The maximum atomic E-state index is 14.7. The van der Waals surface area contributed by atoms with Gasteiger partial charge in [-0.1, -0.05) is 0 Å². The zero-order chi connectivity index (χ0) is 23.8. The molecule has 168 valence electrons. The van der Waals surface area contributed by atoms with Crippen LogP contribution in [-0.4, -0.2) is 27.9 Å². The number of pyridine rings is 3. The largest absolute Gasteiger partial charge is 0.373 e. The van der Waals surface area contributed by atoms with Crippen molar-refractivity contribution in [2.45, 2.75) is 26.4 Å². The molecule has 0 aliphatic heterocycles. The maximum absolute atomic E-state index is 14.7. The zero-order valence-corrected chi connectivity index (χ0v) is 18.7. The van der Waals surface area contributed by atoms with Gasteiger partial charge in [-0.05, 0) is 62.2 Å². The predicted molar refractivity (Wildman–Crippen MR) is 126 cm³/mol. The number of aryl methyl sites for hydroxylation is 1. The number of hydrogen-bond acceptors (Lipinski definition) is 5. The van der Waals surface area contributed by atoms with Crippen molar-refractivity contribution >= 4 is 28.3 Å². The lowest BCUT2D eigenvalue weighted by atomic mass is 9.99. The Hall–Kier alpha value is -3.94. The fourth-order valence-electron chi connectivity index (χ4n) is 3.48. The monoisotopic (exact) mass is 447 g/mol. The van der Waals surface area contributed by atoms with E-state index in [2.05, 4.69) is 25.6 Å². The Morgan fingerprint density at radius 3 is 2.55 bits per heavy atom. The van der Waals surface area contributed by atoms with Crippen LogP contribution in [0.4, 0.5) is 20.3 Å². The molecule has 1 aromatic carbocycles. The van der Waals surface area contributed by atoms with E-state index < -0.39 is 17.4 Å². The summed E-state index contributed by atoms with van der Waals surface area (Å²) in [6.45, 7) is 4.50. The first kappa shape index (κ1) is 22.3. The van der Waals surface area contributed by atoms with Gasteiger partial charge in [-0.2, -0.15) is 0 Å². The number of nitrogens with one attached hydrogen (secondary N) is 2. The van der Waals surface area contributed by atoms with Gasteiger partial charge in [0.15, 0.2) is 0 Å². The van der Waals surface area contributed by atoms with Gasteiger partial charge in [-0.3, -0.25) is 14.8 Å². The van der Waals surface area contributed by atoms with Crippen LogP contribution in [0.5, 0.6) is 0 Å². The smallest absolute Gasteiger partial charge is 0.255 e. The molecule has 3 heterocycles. The molecule has 8 heteroatoms. The highest BCUT2D eigenvalue weighted by Crippen LogP contribution is 2.31. The van der Waals surface area contributed by atoms with Gasteiger partial charge in [-0.15, -0.1) is 0 Å². The van der Waals surface area contributed by atoms with E-state index in [9.17, 15) is 13.6 Å². The number of fused-ring (bicyclic) bond motifs is 1. The van der Waals surface area contributed by atoms with Crippen molar-refractivity contribution in [3.05, 3.63) is 77.6 Å². The van der Waals surface area contributed by atoms with Crippen molar-refractivity contribution in [3.8, 4) is 11.1 Å². The summed E-state index contributed by atoms with van der Waals surface area (Å²) >= 11 is 0. The Balaban J connectivity index is 1.68. The van der Waals surface area contributed by atoms with E-state index in [1.165, 1.54) is 38.2 Å². The number of nitrogens with zero attached hydrogens (tertiary/aromatic N) is 3. The zero-order valence-electron chi connectivity index (χ0n) is 18.7. The minimum atomic E-state index is -1.70. The average molecular weight is 447 g/mol. The third-order valence-corrected chi connectivity index (χ3v) is 5.33.